The van der Waals surface area contributed by atoms with Crippen LogP contribution in [0.25, 0.3) is 0 Å². The van der Waals surface area contributed by atoms with Crippen LogP contribution in [-0.2, 0) is 4.79 Å². The molecule has 3 atom stereocenters. The zero-order valence-corrected chi connectivity index (χ0v) is 19.2. The van der Waals surface area contributed by atoms with Gasteiger partial charge in [-0.15, -0.1) is 0 Å². The van der Waals surface area contributed by atoms with Crippen LogP contribution in [0.4, 0.5) is 0 Å². The van der Waals surface area contributed by atoms with Gasteiger partial charge in [0.15, 0.2) is 0 Å². The summed E-state index contributed by atoms with van der Waals surface area (Å²) < 4.78 is 0. The minimum atomic E-state index is -0.745. The minimum Gasteiger partial charge on any atom is -0.336 e. The highest BCUT2D eigenvalue weighted by Crippen LogP contribution is 2.35. The van der Waals surface area contributed by atoms with Crippen molar-refractivity contribution in [3.8, 4) is 6.07 Å². The van der Waals surface area contributed by atoms with Gasteiger partial charge in [-0.25, -0.2) is 0 Å². The summed E-state index contributed by atoms with van der Waals surface area (Å²) in [4.78, 5) is 15.5. The van der Waals surface area contributed by atoms with E-state index in [0.29, 0.717) is 18.4 Å². The number of likely N-dealkylation sites (tertiary alicyclic amines) is 1. The van der Waals surface area contributed by atoms with Gasteiger partial charge in [-0.1, -0.05) is 71.1 Å². The monoisotopic (exact) mass is 416 g/mol. The van der Waals surface area contributed by atoms with Crippen LogP contribution < -0.4 is 11.1 Å². The van der Waals surface area contributed by atoms with Crippen molar-refractivity contribution in [3.63, 3.8) is 0 Å². The number of hydrogen-bond donors (Lipinski definition) is 2. The van der Waals surface area contributed by atoms with E-state index < -0.39 is 11.6 Å². The molecule has 1 heterocycles. The van der Waals surface area contributed by atoms with Crippen molar-refractivity contribution in [2.45, 2.75) is 121 Å². The van der Waals surface area contributed by atoms with Gasteiger partial charge in [-0.05, 0) is 50.5 Å². The Balaban J connectivity index is 1.60. The van der Waals surface area contributed by atoms with E-state index in [1.54, 1.807) is 0 Å². The molecule has 5 heteroatoms. The predicted molar refractivity (Wildman–Crippen MR) is 122 cm³/mol. The molecule has 3 aliphatic rings. The smallest absolute Gasteiger partial charge is 0.238 e. The Morgan fingerprint density at radius 3 is 2.37 bits per heavy atom. The number of rotatable bonds is 8. The number of hydrogen-bond acceptors (Lipinski definition) is 4. The largest absolute Gasteiger partial charge is 0.336 e. The van der Waals surface area contributed by atoms with E-state index in [4.69, 9.17) is 5.73 Å². The van der Waals surface area contributed by atoms with E-state index in [0.717, 1.165) is 38.3 Å². The Morgan fingerprint density at radius 1 is 1.13 bits per heavy atom. The minimum absolute atomic E-state index is 0.109. The number of nitriles is 1. The van der Waals surface area contributed by atoms with Crippen molar-refractivity contribution in [2.75, 3.05) is 13.1 Å². The summed E-state index contributed by atoms with van der Waals surface area (Å²) in [6, 6.07) is 2.44. The quantitative estimate of drug-likeness (QED) is 0.610. The second-order valence-electron chi connectivity index (χ2n) is 10.4. The number of piperidine rings is 1. The molecule has 0 bridgehead atoms. The molecule has 3 fully saturated rings. The highest BCUT2D eigenvalue weighted by Gasteiger charge is 2.42. The van der Waals surface area contributed by atoms with Gasteiger partial charge >= 0.3 is 0 Å². The number of carbonyl (C=O) groups excluding carboxylic acids is 1. The summed E-state index contributed by atoms with van der Waals surface area (Å²) in [6.45, 7) is 4.22. The lowest BCUT2D eigenvalue weighted by Gasteiger charge is -2.45. The predicted octanol–water partition coefficient (Wildman–Crippen LogP) is 4.51. The second kappa shape index (κ2) is 11.5. The van der Waals surface area contributed by atoms with Crippen LogP contribution in [0.2, 0.25) is 0 Å². The van der Waals surface area contributed by atoms with Gasteiger partial charge < -0.3 is 16.0 Å². The number of nitrogens with one attached hydrogen (secondary N) is 1. The molecule has 2 saturated carbocycles. The third-order valence-corrected chi connectivity index (χ3v) is 7.99. The lowest BCUT2D eigenvalue weighted by molar-refractivity contribution is -0.125. The van der Waals surface area contributed by atoms with Crippen LogP contribution in [0.1, 0.15) is 103 Å². The van der Waals surface area contributed by atoms with E-state index >= 15 is 0 Å². The van der Waals surface area contributed by atoms with Crippen LogP contribution in [0, 0.1) is 23.2 Å². The average Bonchev–Trinajstić information content (AvgIpc) is 2.77. The summed E-state index contributed by atoms with van der Waals surface area (Å²) >= 11 is 0. The fraction of sp³-hybridized carbons (Fsp3) is 0.920. The Labute approximate surface area is 184 Å². The van der Waals surface area contributed by atoms with Crippen LogP contribution in [0.15, 0.2) is 0 Å². The molecular weight excluding hydrogens is 372 g/mol. The first-order valence-electron chi connectivity index (χ1n) is 12.8. The Morgan fingerprint density at radius 2 is 1.77 bits per heavy atom. The molecule has 170 valence electrons. The maximum absolute atomic E-state index is 13.0. The zero-order valence-electron chi connectivity index (χ0n) is 19.2. The number of carbonyl (C=O) groups is 1. The van der Waals surface area contributed by atoms with E-state index in [2.05, 4.69) is 23.2 Å². The molecule has 1 amide bonds. The molecule has 3 unspecified atom stereocenters. The first kappa shape index (κ1) is 23.5. The van der Waals surface area contributed by atoms with Crippen molar-refractivity contribution in [3.05, 3.63) is 0 Å². The van der Waals surface area contributed by atoms with Gasteiger partial charge in [0, 0.05) is 12.6 Å². The lowest BCUT2D eigenvalue weighted by atomic mass is 9.77. The normalized spacial score (nSPS) is 30.5. The van der Waals surface area contributed by atoms with Crippen LogP contribution in [-0.4, -0.2) is 41.5 Å². The third-order valence-electron chi connectivity index (χ3n) is 7.99. The Bertz CT molecular complexity index is 576. The van der Waals surface area contributed by atoms with Crippen molar-refractivity contribution >= 4 is 5.91 Å². The van der Waals surface area contributed by atoms with Gasteiger partial charge in [-0.3, -0.25) is 4.79 Å². The number of amides is 1. The summed E-state index contributed by atoms with van der Waals surface area (Å²) in [7, 11) is 0. The molecule has 1 aliphatic heterocycles. The number of nitrogens with two attached hydrogens (primary N) is 1. The molecule has 0 aromatic heterocycles. The third kappa shape index (κ3) is 6.44. The van der Waals surface area contributed by atoms with Crippen LogP contribution in [0.3, 0.4) is 0 Å². The molecule has 0 spiro atoms. The fourth-order valence-electron chi connectivity index (χ4n) is 6.23. The molecule has 1 saturated heterocycles. The molecular formula is C25H44N4O. The van der Waals surface area contributed by atoms with Crippen molar-refractivity contribution in [1.82, 2.24) is 10.2 Å². The number of nitrogens with zero attached hydrogens (tertiary/aromatic N) is 2. The van der Waals surface area contributed by atoms with E-state index in [1.807, 2.05) is 0 Å². The first-order valence-corrected chi connectivity index (χ1v) is 12.8. The van der Waals surface area contributed by atoms with E-state index in [-0.39, 0.29) is 5.91 Å². The van der Waals surface area contributed by atoms with Crippen molar-refractivity contribution < 1.29 is 4.79 Å². The SMILES string of the molecule is CCCN1CCC(C#N)(NC(=O)C(N)CC2CCCCC2)CC1CC1CCCCC1. The Kier molecular flexibility index (Phi) is 9.01. The standard InChI is InChI=1S/C25H44N4O/c1-2-14-29-15-13-25(19-26,18-22(29)16-20-9-5-3-6-10-20)28-24(30)23(27)17-21-11-7-4-8-12-21/h20-23H,2-18,27H2,1H3,(H,28,30). The highest BCUT2D eigenvalue weighted by molar-refractivity contribution is 5.82. The molecule has 2 aliphatic carbocycles. The Hall–Kier alpha value is -1.12. The molecule has 3 rings (SSSR count). The van der Waals surface area contributed by atoms with Gasteiger partial charge in [0.2, 0.25) is 5.91 Å². The average molecular weight is 417 g/mol. The lowest BCUT2D eigenvalue weighted by Crippen LogP contribution is -2.60. The van der Waals surface area contributed by atoms with Crippen LogP contribution in [0.5, 0.6) is 0 Å². The zero-order chi connectivity index (χ0) is 21.4. The van der Waals surface area contributed by atoms with Crippen LogP contribution >= 0.6 is 0 Å². The van der Waals surface area contributed by atoms with E-state index in [1.165, 1.54) is 70.6 Å². The van der Waals surface area contributed by atoms with Crippen molar-refractivity contribution in [1.29, 1.82) is 5.26 Å². The molecule has 5 nitrogen and oxygen atoms in total. The van der Waals surface area contributed by atoms with Gasteiger partial charge in [0.25, 0.3) is 0 Å². The summed E-state index contributed by atoms with van der Waals surface area (Å²) in [5, 5.41) is 13.3. The van der Waals surface area contributed by atoms with Gasteiger partial charge in [0.05, 0.1) is 12.1 Å². The molecule has 0 aromatic rings. The fourth-order valence-corrected chi connectivity index (χ4v) is 6.23. The summed E-state index contributed by atoms with van der Waals surface area (Å²) in [6.07, 6.45) is 17.5. The van der Waals surface area contributed by atoms with E-state index in [9.17, 15) is 10.1 Å². The molecule has 30 heavy (non-hydrogen) atoms. The maximum atomic E-state index is 13.0. The molecule has 0 aromatic carbocycles. The second-order valence-corrected chi connectivity index (χ2v) is 10.4. The molecule has 0 radical (unpaired) electrons. The highest BCUT2D eigenvalue weighted by atomic mass is 16.2. The topological polar surface area (TPSA) is 82.2 Å². The van der Waals surface area contributed by atoms with Gasteiger partial charge in [0.1, 0.15) is 5.54 Å². The molecule has 3 N–H and O–H groups in total. The summed E-state index contributed by atoms with van der Waals surface area (Å²) in [5.41, 5.74) is 5.56. The van der Waals surface area contributed by atoms with Gasteiger partial charge in [-0.2, -0.15) is 5.26 Å². The summed E-state index contributed by atoms with van der Waals surface area (Å²) in [5.74, 6) is 1.24. The van der Waals surface area contributed by atoms with Crippen molar-refractivity contribution in [2.24, 2.45) is 17.6 Å². The first-order chi connectivity index (χ1) is 14.5. The maximum Gasteiger partial charge on any atom is 0.238 e.